The molecule has 0 saturated carbocycles. The van der Waals surface area contributed by atoms with Crippen LogP contribution in [0.3, 0.4) is 0 Å². The third-order valence-electron chi connectivity index (χ3n) is 3.96. The third-order valence-corrected chi connectivity index (χ3v) is 5.78. The first-order chi connectivity index (χ1) is 12.7. The fraction of sp³-hybridized carbons (Fsp3) is 0.263. The number of aryl methyl sites for hydroxylation is 1. The first-order valence-electron chi connectivity index (χ1n) is 8.21. The van der Waals surface area contributed by atoms with Crippen molar-refractivity contribution in [2.75, 3.05) is 20.7 Å². The highest BCUT2D eigenvalue weighted by atomic mass is 32.2. The van der Waals surface area contributed by atoms with Crippen LogP contribution in [0.2, 0.25) is 0 Å². The van der Waals surface area contributed by atoms with E-state index >= 15 is 0 Å². The minimum absolute atomic E-state index is 0.141. The minimum atomic E-state index is -3.73. The molecule has 2 aromatic rings. The van der Waals surface area contributed by atoms with Crippen molar-refractivity contribution >= 4 is 21.9 Å². The van der Waals surface area contributed by atoms with Crippen molar-refractivity contribution in [3.8, 4) is 0 Å². The number of rotatable bonds is 7. The van der Waals surface area contributed by atoms with E-state index in [1.165, 1.54) is 26.3 Å². The molecule has 0 fully saturated rings. The first-order valence-corrected chi connectivity index (χ1v) is 9.65. The Morgan fingerprint density at radius 3 is 2.19 bits per heavy atom. The number of ether oxygens (including phenoxy) is 1. The molecule has 0 aliphatic carbocycles. The summed E-state index contributed by atoms with van der Waals surface area (Å²) in [5, 5.41) is 2.66. The second kappa shape index (κ2) is 8.79. The van der Waals surface area contributed by atoms with Gasteiger partial charge in [0.1, 0.15) is 0 Å². The largest absolute Gasteiger partial charge is 0.465 e. The second-order valence-corrected chi connectivity index (χ2v) is 8.08. The summed E-state index contributed by atoms with van der Waals surface area (Å²) >= 11 is 0. The Balaban J connectivity index is 1.93. The molecule has 0 heterocycles. The number of sulfonamides is 1. The number of hydrogen-bond donors (Lipinski definition) is 1. The Labute approximate surface area is 159 Å². The van der Waals surface area contributed by atoms with Gasteiger partial charge in [-0.15, -0.1) is 0 Å². The second-order valence-electron chi connectivity index (χ2n) is 6.04. The Hall–Kier alpha value is -2.71. The van der Waals surface area contributed by atoms with E-state index in [9.17, 15) is 18.0 Å². The number of nitrogens with one attached hydrogen (secondary N) is 1. The smallest absolute Gasteiger partial charge is 0.337 e. The van der Waals surface area contributed by atoms with Gasteiger partial charge in [0.15, 0.2) is 0 Å². The number of carbonyl (C=O) groups is 2. The molecule has 0 aromatic heterocycles. The van der Waals surface area contributed by atoms with Gasteiger partial charge >= 0.3 is 5.97 Å². The summed E-state index contributed by atoms with van der Waals surface area (Å²) in [6.45, 7) is 1.79. The van der Waals surface area contributed by atoms with Crippen LogP contribution >= 0.6 is 0 Å². The van der Waals surface area contributed by atoms with Crippen LogP contribution < -0.4 is 5.32 Å². The monoisotopic (exact) mass is 390 g/mol. The highest BCUT2D eigenvalue weighted by molar-refractivity contribution is 7.89. The molecule has 1 N–H and O–H groups in total. The van der Waals surface area contributed by atoms with Gasteiger partial charge in [0.2, 0.25) is 15.9 Å². The molecular weight excluding hydrogens is 368 g/mol. The van der Waals surface area contributed by atoms with Crippen LogP contribution in [0.25, 0.3) is 0 Å². The van der Waals surface area contributed by atoms with Gasteiger partial charge in [-0.1, -0.05) is 29.8 Å². The van der Waals surface area contributed by atoms with Gasteiger partial charge in [-0.25, -0.2) is 13.2 Å². The van der Waals surface area contributed by atoms with Crippen LogP contribution in [0, 0.1) is 6.92 Å². The van der Waals surface area contributed by atoms with Crippen LogP contribution in [0.1, 0.15) is 21.5 Å². The van der Waals surface area contributed by atoms with Crippen LogP contribution in [0.15, 0.2) is 53.4 Å². The summed E-state index contributed by atoms with van der Waals surface area (Å²) in [7, 11) is -1.07. The van der Waals surface area contributed by atoms with Crippen LogP contribution in [0.4, 0.5) is 0 Å². The first kappa shape index (κ1) is 20.6. The van der Waals surface area contributed by atoms with E-state index in [0.717, 1.165) is 15.4 Å². The van der Waals surface area contributed by atoms with Gasteiger partial charge in [-0.05, 0) is 36.8 Å². The van der Waals surface area contributed by atoms with Crippen molar-refractivity contribution in [1.29, 1.82) is 0 Å². The normalized spacial score (nSPS) is 11.3. The van der Waals surface area contributed by atoms with Crippen LogP contribution in [0.5, 0.6) is 0 Å². The fourth-order valence-electron chi connectivity index (χ4n) is 2.31. The molecule has 8 heteroatoms. The van der Waals surface area contributed by atoms with Crippen LogP contribution in [-0.2, 0) is 26.1 Å². The molecule has 0 atom stereocenters. The van der Waals surface area contributed by atoms with Crippen molar-refractivity contribution in [3.63, 3.8) is 0 Å². The number of hydrogen-bond acceptors (Lipinski definition) is 5. The molecule has 0 unspecified atom stereocenters. The molecule has 144 valence electrons. The van der Waals surface area contributed by atoms with Crippen molar-refractivity contribution in [3.05, 3.63) is 65.2 Å². The van der Waals surface area contributed by atoms with E-state index in [-0.39, 0.29) is 18.0 Å². The number of nitrogens with zero attached hydrogens (tertiary/aromatic N) is 1. The summed E-state index contributed by atoms with van der Waals surface area (Å²) in [4.78, 5) is 23.6. The number of methoxy groups -OCH3 is 1. The molecule has 0 bridgehead atoms. The summed E-state index contributed by atoms with van der Waals surface area (Å²) in [5.74, 6) is -0.862. The van der Waals surface area contributed by atoms with Crippen molar-refractivity contribution in [1.82, 2.24) is 9.62 Å². The predicted molar refractivity (Wildman–Crippen MR) is 101 cm³/mol. The van der Waals surface area contributed by atoms with Crippen molar-refractivity contribution in [2.45, 2.75) is 18.4 Å². The van der Waals surface area contributed by atoms with E-state index in [0.29, 0.717) is 5.56 Å². The molecular formula is C19H22N2O5S. The molecule has 2 rings (SSSR count). The Kier molecular flexibility index (Phi) is 6.70. The Morgan fingerprint density at radius 1 is 1.04 bits per heavy atom. The average molecular weight is 390 g/mol. The lowest BCUT2D eigenvalue weighted by molar-refractivity contribution is -0.121. The summed E-state index contributed by atoms with van der Waals surface area (Å²) in [5.41, 5.74) is 2.14. The maximum absolute atomic E-state index is 12.5. The highest BCUT2D eigenvalue weighted by Crippen LogP contribution is 2.14. The van der Waals surface area contributed by atoms with E-state index in [1.54, 1.807) is 36.4 Å². The third kappa shape index (κ3) is 5.38. The fourth-order valence-corrected chi connectivity index (χ4v) is 3.44. The molecule has 7 nitrogen and oxygen atoms in total. The van der Waals surface area contributed by atoms with E-state index in [1.807, 2.05) is 6.92 Å². The van der Waals surface area contributed by atoms with Gasteiger partial charge in [-0.3, -0.25) is 4.79 Å². The topological polar surface area (TPSA) is 92.8 Å². The molecule has 0 aliphatic heterocycles. The van der Waals surface area contributed by atoms with Crippen molar-refractivity contribution in [2.24, 2.45) is 0 Å². The number of benzene rings is 2. The van der Waals surface area contributed by atoms with Gasteiger partial charge in [0.05, 0.1) is 24.1 Å². The zero-order valence-electron chi connectivity index (χ0n) is 15.4. The average Bonchev–Trinajstić information content (AvgIpc) is 2.66. The number of amides is 1. The lowest BCUT2D eigenvalue weighted by atomic mass is 10.1. The maximum atomic E-state index is 12.5. The maximum Gasteiger partial charge on any atom is 0.337 e. The van der Waals surface area contributed by atoms with Gasteiger partial charge in [-0.2, -0.15) is 4.31 Å². The molecule has 0 spiro atoms. The SMILES string of the molecule is COC(=O)c1ccc(CNC(=O)CN(C)S(=O)(=O)c2ccc(C)cc2)cc1. The summed E-state index contributed by atoms with van der Waals surface area (Å²) in [6, 6.07) is 13.0. The standard InChI is InChI=1S/C19H22N2O5S/c1-14-4-10-17(11-5-14)27(24,25)21(2)13-18(22)20-12-15-6-8-16(9-7-15)19(23)26-3/h4-11H,12-13H2,1-3H3,(H,20,22). The molecule has 0 saturated heterocycles. The van der Waals surface area contributed by atoms with E-state index in [2.05, 4.69) is 10.1 Å². The molecule has 2 aromatic carbocycles. The molecule has 0 radical (unpaired) electrons. The minimum Gasteiger partial charge on any atom is -0.465 e. The lowest BCUT2D eigenvalue weighted by Crippen LogP contribution is -2.38. The van der Waals surface area contributed by atoms with Gasteiger partial charge < -0.3 is 10.1 Å². The number of esters is 1. The molecule has 27 heavy (non-hydrogen) atoms. The Morgan fingerprint density at radius 2 is 1.63 bits per heavy atom. The molecule has 1 amide bonds. The quantitative estimate of drug-likeness (QED) is 0.727. The van der Waals surface area contributed by atoms with E-state index in [4.69, 9.17) is 0 Å². The predicted octanol–water partition coefficient (Wildman–Crippen LogP) is 1.72. The number of likely N-dealkylation sites (N-methyl/N-ethyl adjacent to an activating group) is 1. The van der Waals surface area contributed by atoms with E-state index < -0.39 is 21.9 Å². The summed E-state index contributed by atoms with van der Waals surface area (Å²) in [6.07, 6.45) is 0. The lowest BCUT2D eigenvalue weighted by Gasteiger charge is -2.17. The summed E-state index contributed by atoms with van der Waals surface area (Å²) < 4.78 is 30.6. The highest BCUT2D eigenvalue weighted by Gasteiger charge is 2.22. The Bertz CT molecular complexity index is 906. The van der Waals surface area contributed by atoms with Crippen LogP contribution in [-0.4, -0.2) is 45.3 Å². The van der Waals surface area contributed by atoms with Crippen molar-refractivity contribution < 1.29 is 22.7 Å². The number of carbonyl (C=O) groups excluding carboxylic acids is 2. The zero-order valence-corrected chi connectivity index (χ0v) is 16.2. The zero-order chi connectivity index (χ0) is 20.0. The van der Waals surface area contributed by atoms with Gasteiger partial charge in [0.25, 0.3) is 0 Å². The molecule has 0 aliphatic rings. The van der Waals surface area contributed by atoms with Gasteiger partial charge in [0, 0.05) is 13.6 Å².